The molecule has 29 heavy (non-hydrogen) atoms. The van der Waals surface area contributed by atoms with E-state index in [1.54, 1.807) is 30.7 Å². The number of anilines is 1. The number of para-hydroxylation sites is 1. The van der Waals surface area contributed by atoms with E-state index < -0.39 is 18.0 Å². The number of rotatable bonds is 7. The SMILES string of the molecule is CCC(OC(=O)c1cc(C2CC2)nn1-c1ccccc1)C(=O)Nc1cc(C)on1. The smallest absolute Gasteiger partial charge is 0.357 e. The van der Waals surface area contributed by atoms with E-state index in [2.05, 4.69) is 15.6 Å². The minimum atomic E-state index is -0.956. The van der Waals surface area contributed by atoms with Gasteiger partial charge in [0.2, 0.25) is 0 Å². The average Bonchev–Trinajstić information content (AvgIpc) is 3.35. The molecule has 0 aliphatic heterocycles. The number of nitrogens with zero attached hydrogens (tertiary/aromatic N) is 3. The maximum absolute atomic E-state index is 12.9. The second-order valence-corrected chi connectivity index (χ2v) is 7.09. The number of ether oxygens (including phenoxy) is 1. The Bertz CT molecular complexity index is 1020. The lowest BCUT2D eigenvalue weighted by molar-refractivity contribution is -0.124. The standard InChI is InChI=1S/C21H22N4O4/c1-3-18(20(26)22-19-11-13(2)29-24-19)28-21(27)17-12-16(14-9-10-14)23-25(17)15-7-5-4-6-8-15/h4-8,11-12,14,18H,3,9-10H2,1-2H3,(H,22,24,26). The van der Waals surface area contributed by atoms with Gasteiger partial charge in [0.05, 0.1) is 11.4 Å². The third-order valence-electron chi connectivity index (χ3n) is 4.73. The van der Waals surface area contributed by atoms with E-state index >= 15 is 0 Å². The number of esters is 1. The van der Waals surface area contributed by atoms with Crippen molar-refractivity contribution in [3.63, 3.8) is 0 Å². The van der Waals surface area contributed by atoms with E-state index in [0.717, 1.165) is 24.2 Å². The second-order valence-electron chi connectivity index (χ2n) is 7.09. The van der Waals surface area contributed by atoms with Gasteiger partial charge in [-0.1, -0.05) is 30.3 Å². The summed E-state index contributed by atoms with van der Waals surface area (Å²) in [5, 5.41) is 10.9. The lowest BCUT2D eigenvalue weighted by Crippen LogP contribution is -2.32. The van der Waals surface area contributed by atoms with Crippen LogP contribution in [0.25, 0.3) is 5.69 Å². The second kappa shape index (κ2) is 7.90. The molecule has 1 aliphatic carbocycles. The van der Waals surface area contributed by atoms with Gasteiger partial charge in [-0.2, -0.15) is 5.10 Å². The molecular formula is C21H22N4O4. The van der Waals surface area contributed by atoms with Crippen molar-refractivity contribution < 1.29 is 18.8 Å². The maximum atomic E-state index is 12.9. The Labute approximate surface area is 167 Å². The van der Waals surface area contributed by atoms with E-state index in [0.29, 0.717) is 23.8 Å². The van der Waals surface area contributed by atoms with Crippen molar-refractivity contribution >= 4 is 17.7 Å². The molecular weight excluding hydrogens is 372 g/mol. The molecule has 1 aliphatic rings. The normalized spacial score (nSPS) is 14.4. The van der Waals surface area contributed by atoms with E-state index in [-0.39, 0.29) is 5.82 Å². The first-order valence-corrected chi connectivity index (χ1v) is 9.65. The molecule has 1 aromatic carbocycles. The van der Waals surface area contributed by atoms with Gasteiger partial charge in [-0.05, 0) is 44.4 Å². The van der Waals surface area contributed by atoms with Crippen molar-refractivity contribution in [2.45, 2.75) is 45.1 Å². The van der Waals surface area contributed by atoms with Gasteiger partial charge >= 0.3 is 5.97 Å². The summed E-state index contributed by atoms with van der Waals surface area (Å²) in [5.74, 6) is 0.193. The van der Waals surface area contributed by atoms with Gasteiger partial charge in [0, 0.05) is 12.0 Å². The fraction of sp³-hybridized carbons (Fsp3) is 0.333. The number of carbonyl (C=O) groups excluding carboxylic acids is 2. The zero-order chi connectivity index (χ0) is 20.4. The molecule has 1 atom stereocenters. The van der Waals surface area contributed by atoms with Crippen LogP contribution in [0.3, 0.4) is 0 Å². The van der Waals surface area contributed by atoms with E-state index in [4.69, 9.17) is 9.26 Å². The predicted molar refractivity (Wildman–Crippen MR) is 105 cm³/mol. The van der Waals surface area contributed by atoms with Crippen molar-refractivity contribution in [3.05, 3.63) is 59.6 Å². The molecule has 1 unspecified atom stereocenters. The Kier molecular flexibility index (Phi) is 5.16. The fourth-order valence-corrected chi connectivity index (χ4v) is 3.03. The summed E-state index contributed by atoms with van der Waals surface area (Å²) in [7, 11) is 0. The summed E-state index contributed by atoms with van der Waals surface area (Å²) < 4.78 is 12.1. The first-order chi connectivity index (χ1) is 14.0. The van der Waals surface area contributed by atoms with E-state index in [1.165, 1.54) is 0 Å². The molecule has 2 heterocycles. The van der Waals surface area contributed by atoms with E-state index in [1.807, 2.05) is 30.3 Å². The van der Waals surface area contributed by atoms with Crippen molar-refractivity contribution in [1.29, 1.82) is 0 Å². The van der Waals surface area contributed by atoms with Crippen LogP contribution in [0.4, 0.5) is 5.82 Å². The summed E-state index contributed by atoms with van der Waals surface area (Å²) in [6, 6.07) is 12.8. The summed E-state index contributed by atoms with van der Waals surface area (Å²) in [6.07, 6.45) is 1.50. The summed E-state index contributed by atoms with van der Waals surface area (Å²) in [6.45, 7) is 3.50. The molecule has 1 amide bonds. The molecule has 1 N–H and O–H groups in total. The molecule has 8 heteroatoms. The monoisotopic (exact) mass is 394 g/mol. The van der Waals surface area contributed by atoms with Crippen LogP contribution in [-0.4, -0.2) is 32.9 Å². The quantitative estimate of drug-likeness (QED) is 0.615. The Hall–Kier alpha value is -3.42. The number of carbonyl (C=O) groups is 2. The van der Waals surface area contributed by atoms with Crippen LogP contribution in [0.1, 0.15) is 54.0 Å². The number of amides is 1. The van der Waals surface area contributed by atoms with Gasteiger partial charge in [0.15, 0.2) is 17.6 Å². The Morgan fingerprint density at radius 1 is 1.28 bits per heavy atom. The number of hydrogen-bond acceptors (Lipinski definition) is 6. The third-order valence-corrected chi connectivity index (χ3v) is 4.73. The number of aromatic nitrogens is 3. The van der Waals surface area contributed by atoms with Gasteiger partial charge < -0.3 is 14.6 Å². The molecule has 4 rings (SSSR count). The molecule has 0 bridgehead atoms. The number of aryl methyl sites for hydroxylation is 1. The maximum Gasteiger partial charge on any atom is 0.357 e. The van der Waals surface area contributed by atoms with Gasteiger partial charge in [0.25, 0.3) is 5.91 Å². The van der Waals surface area contributed by atoms with Crippen molar-refractivity contribution in [1.82, 2.24) is 14.9 Å². The molecule has 150 valence electrons. The van der Waals surface area contributed by atoms with Crippen LogP contribution in [-0.2, 0) is 9.53 Å². The summed E-state index contributed by atoms with van der Waals surface area (Å²) in [5.41, 5.74) is 1.94. The third kappa shape index (κ3) is 4.21. The molecule has 2 aromatic heterocycles. The van der Waals surface area contributed by atoms with Crippen molar-refractivity contribution in [3.8, 4) is 5.69 Å². The largest absolute Gasteiger partial charge is 0.448 e. The molecule has 0 spiro atoms. The lowest BCUT2D eigenvalue weighted by Gasteiger charge is -2.15. The van der Waals surface area contributed by atoms with E-state index in [9.17, 15) is 9.59 Å². The Balaban J connectivity index is 1.54. The zero-order valence-corrected chi connectivity index (χ0v) is 16.3. The zero-order valence-electron chi connectivity index (χ0n) is 16.3. The van der Waals surface area contributed by atoms with Gasteiger partial charge in [-0.15, -0.1) is 0 Å². The van der Waals surface area contributed by atoms with Crippen LogP contribution in [0.15, 0.2) is 47.0 Å². The first-order valence-electron chi connectivity index (χ1n) is 9.65. The van der Waals surface area contributed by atoms with Gasteiger partial charge in [-0.25, -0.2) is 9.48 Å². The van der Waals surface area contributed by atoms with Crippen LogP contribution in [0, 0.1) is 6.92 Å². The minimum absolute atomic E-state index is 0.285. The summed E-state index contributed by atoms with van der Waals surface area (Å²) >= 11 is 0. The number of nitrogens with one attached hydrogen (secondary N) is 1. The van der Waals surface area contributed by atoms with Crippen molar-refractivity contribution in [2.24, 2.45) is 0 Å². The Morgan fingerprint density at radius 3 is 2.66 bits per heavy atom. The highest BCUT2D eigenvalue weighted by Gasteiger charge is 2.31. The molecule has 1 fully saturated rings. The van der Waals surface area contributed by atoms with Crippen LogP contribution < -0.4 is 5.32 Å². The summed E-state index contributed by atoms with van der Waals surface area (Å²) in [4.78, 5) is 25.4. The molecule has 1 saturated carbocycles. The molecule has 0 saturated heterocycles. The lowest BCUT2D eigenvalue weighted by atomic mass is 10.2. The van der Waals surface area contributed by atoms with Crippen LogP contribution >= 0.6 is 0 Å². The predicted octanol–water partition coefficient (Wildman–Crippen LogP) is 3.62. The highest BCUT2D eigenvalue weighted by molar-refractivity contribution is 5.96. The molecule has 8 nitrogen and oxygen atoms in total. The molecule has 3 aromatic rings. The van der Waals surface area contributed by atoms with Gasteiger partial charge in [-0.3, -0.25) is 4.79 Å². The molecule has 0 radical (unpaired) electrons. The van der Waals surface area contributed by atoms with Gasteiger partial charge in [0.1, 0.15) is 5.76 Å². The number of hydrogen-bond donors (Lipinski definition) is 1. The van der Waals surface area contributed by atoms with Crippen LogP contribution in [0.5, 0.6) is 0 Å². The topological polar surface area (TPSA) is 99.2 Å². The van der Waals surface area contributed by atoms with Crippen molar-refractivity contribution in [2.75, 3.05) is 5.32 Å². The average molecular weight is 394 g/mol. The van der Waals surface area contributed by atoms with Crippen LogP contribution in [0.2, 0.25) is 0 Å². The fourth-order valence-electron chi connectivity index (χ4n) is 3.03. The number of benzene rings is 1. The Morgan fingerprint density at radius 2 is 2.03 bits per heavy atom. The minimum Gasteiger partial charge on any atom is -0.448 e. The first kappa shape index (κ1) is 18.9. The highest BCUT2D eigenvalue weighted by Crippen LogP contribution is 2.39. The highest BCUT2D eigenvalue weighted by atomic mass is 16.5.